The summed E-state index contributed by atoms with van der Waals surface area (Å²) in [6, 6.07) is 4.94. The Morgan fingerprint density at radius 1 is 1.04 bits per heavy atom. The predicted octanol–water partition coefficient (Wildman–Crippen LogP) is 8.41. The molecule has 0 atom stereocenters. The average molecular weight is 345 g/mol. The van der Waals surface area contributed by atoms with Crippen LogP contribution in [-0.4, -0.2) is 0 Å². The summed E-state index contributed by atoms with van der Waals surface area (Å²) in [5.74, 6) is 1.53. The summed E-state index contributed by atoms with van der Waals surface area (Å²) in [5.41, 5.74) is 7.65. The lowest BCUT2D eigenvalue weighted by molar-refractivity contribution is 0.719. The Bertz CT molecular complexity index is 487. The van der Waals surface area contributed by atoms with E-state index < -0.39 is 0 Å². The van der Waals surface area contributed by atoms with Gasteiger partial charge in [-0.05, 0) is 73.1 Å². The van der Waals surface area contributed by atoms with Crippen molar-refractivity contribution in [2.45, 2.75) is 106 Å². The van der Waals surface area contributed by atoms with E-state index in [9.17, 15) is 0 Å². The number of hydrogen-bond acceptors (Lipinski definition) is 0. The first-order valence-electron chi connectivity index (χ1n) is 10.7. The smallest absolute Gasteiger partial charge is 0.0162 e. The monoisotopic (exact) mass is 344 g/mol. The van der Waals surface area contributed by atoms with Gasteiger partial charge in [-0.1, -0.05) is 85.6 Å². The van der Waals surface area contributed by atoms with E-state index in [0.717, 1.165) is 12.3 Å². The molecule has 1 saturated carbocycles. The fourth-order valence-electron chi connectivity index (χ4n) is 3.64. The maximum absolute atomic E-state index is 3.87. The summed E-state index contributed by atoms with van der Waals surface area (Å²) in [5, 5.41) is 0. The number of aryl methyl sites for hydroxylation is 2. The molecule has 0 nitrogen and oxygen atoms in total. The lowest BCUT2D eigenvalue weighted by Crippen LogP contribution is -2.00. The largest absolute Gasteiger partial charge is 0.0996 e. The Morgan fingerprint density at radius 2 is 1.60 bits per heavy atom. The van der Waals surface area contributed by atoms with Crippen LogP contribution in [0.5, 0.6) is 0 Å². The summed E-state index contributed by atoms with van der Waals surface area (Å²) in [6.45, 7) is 21.2. The van der Waals surface area contributed by atoms with Gasteiger partial charge in [0.25, 0.3) is 0 Å². The molecule has 0 unspecified atom stereocenters. The molecule has 1 aromatic carbocycles. The Labute approximate surface area is 159 Å². The molecule has 25 heavy (non-hydrogen) atoms. The third kappa shape index (κ3) is 7.80. The minimum Gasteiger partial charge on any atom is -0.0996 e. The Morgan fingerprint density at radius 3 is 1.96 bits per heavy atom. The van der Waals surface area contributed by atoms with E-state index >= 15 is 0 Å². The van der Waals surface area contributed by atoms with Crippen molar-refractivity contribution in [2.24, 2.45) is 5.92 Å². The molecule has 2 rings (SSSR count). The first kappa shape index (κ1) is 24.0. The van der Waals surface area contributed by atoms with Crippen LogP contribution in [0.4, 0.5) is 0 Å². The molecular formula is C25H44. The lowest BCUT2D eigenvalue weighted by atomic mass is 9.89. The fourth-order valence-corrected chi connectivity index (χ4v) is 3.64. The summed E-state index contributed by atoms with van der Waals surface area (Å²) in [7, 11) is 0. The molecule has 0 heterocycles. The van der Waals surface area contributed by atoms with Crippen molar-refractivity contribution in [1.82, 2.24) is 0 Å². The fraction of sp³-hybridized carbons (Fsp3) is 0.680. The van der Waals surface area contributed by atoms with Crippen LogP contribution < -0.4 is 0 Å². The molecule has 144 valence electrons. The molecule has 0 aliphatic heterocycles. The second-order valence-electron chi connectivity index (χ2n) is 7.33. The van der Waals surface area contributed by atoms with Crippen molar-refractivity contribution in [3.63, 3.8) is 0 Å². The number of allylic oxidation sites excluding steroid dienone is 1. The first-order chi connectivity index (χ1) is 11.9. The molecule has 0 amide bonds. The highest BCUT2D eigenvalue weighted by Crippen LogP contribution is 2.35. The van der Waals surface area contributed by atoms with E-state index in [0.29, 0.717) is 5.92 Å². The molecule has 0 heteroatoms. The maximum atomic E-state index is 3.87. The molecule has 0 aromatic heterocycles. The highest BCUT2D eigenvalue weighted by atomic mass is 14.2. The van der Waals surface area contributed by atoms with E-state index in [1.807, 2.05) is 13.8 Å². The van der Waals surface area contributed by atoms with Gasteiger partial charge in [-0.3, -0.25) is 0 Å². The van der Waals surface area contributed by atoms with Crippen molar-refractivity contribution in [3.8, 4) is 0 Å². The Hall–Kier alpha value is -1.04. The average Bonchev–Trinajstić information content (AvgIpc) is 3.17. The van der Waals surface area contributed by atoms with E-state index in [4.69, 9.17) is 0 Å². The van der Waals surface area contributed by atoms with Crippen LogP contribution in [0.15, 0.2) is 24.3 Å². The van der Waals surface area contributed by atoms with Crippen LogP contribution in [0.3, 0.4) is 0 Å². The quantitative estimate of drug-likeness (QED) is 0.470. The molecule has 0 radical (unpaired) electrons. The van der Waals surface area contributed by atoms with Gasteiger partial charge in [-0.15, -0.1) is 0 Å². The molecular weight excluding hydrogens is 300 g/mol. The standard InChI is InChI=1S/C16H24.C7H14.C2H6/c1-4-13-11-15(14-8-6-7-9-14)10-12(3)16(13)5-2;1-5-7(4)6(2)3;1-2/h10-11,14H,4-9H2,1-3H3;6H,4-5H2,1-3H3;1-2H3. The molecule has 0 N–H and O–H groups in total. The van der Waals surface area contributed by atoms with Gasteiger partial charge in [0.2, 0.25) is 0 Å². The molecule has 0 saturated heterocycles. The molecule has 0 spiro atoms. The van der Waals surface area contributed by atoms with Gasteiger partial charge >= 0.3 is 0 Å². The SMILES string of the molecule is C=C(CC)C(C)C.CC.CCc1cc(C2CCCC2)cc(C)c1CC. The third-order valence-corrected chi connectivity index (χ3v) is 5.42. The van der Waals surface area contributed by atoms with Crippen LogP contribution in [0.2, 0.25) is 0 Å². The zero-order chi connectivity index (χ0) is 19.4. The van der Waals surface area contributed by atoms with Gasteiger partial charge in [0, 0.05) is 0 Å². The molecule has 0 bridgehead atoms. The highest BCUT2D eigenvalue weighted by Gasteiger charge is 2.18. The van der Waals surface area contributed by atoms with E-state index in [1.54, 1.807) is 16.7 Å². The van der Waals surface area contributed by atoms with Gasteiger partial charge in [0.15, 0.2) is 0 Å². The minimum absolute atomic E-state index is 0.671. The third-order valence-electron chi connectivity index (χ3n) is 5.42. The van der Waals surface area contributed by atoms with Crippen molar-refractivity contribution in [1.29, 1.82) is 0 Å². The van der Waals surface area contributed by atoms with Crippen LogP contribution in [0.25, 0.3) is 0 Å². The van der Waals surface area contributed by atoms with Gasteiger partial charge in [0.05, 0.1) is 0 Å². The van der Waals surface area contributed by atoms with Gasteiger partial charge in [-0.2, -0.15) is 0 Å². The predicted molar refractivity (Wildman–Crippen MR) is 117 cm³/mol. The number of benzene rings is 1. The van der Waals surface area contributed by atoms with Crippen LogP contribution in [-0.2, 0) is 12.8 Å². The van der Waals surface area contributed by atoms with E-state index in [-0.39, 0.29) is 0 Å². The normalized spacial score (nSPS) is 13.8. The first-order valence-corrected chi connectivity index (χ1v) is 10.7. The van der Waals surface area contributed by atoms with Crippen molar-refractivity contribution >= 4 is 0 Å². The Balaban J connectivity index is 0.000000544. The van der Waals surface area contributed by atoms with E-state index in [1.165, 1.54) is 49.7 Å². The summed E-state index contributed by atoms with van der Waals surface area (Å²) in [4.78, 5) is 0. The second kappa shape index (κ2) is 13.2. The number of hydrogen-bond donors (Lipinski definition) is 0. The molecule has 1 aliphatic carbocycles. The highest BCUT2D eigenvalue weighted by molar-refractivity contribution is 5.40. The molecule has 1 fully saturated rings. The second-order valence-corrected chi connectivity index (χ2v) is 7.33. The number of rotatable bonds is 5. The maximum Gasteiger partial charge on any atom is -0.0162 e. The minimum atomic E-state index is 0.671. The zero-order valence-corrected chi connectivity index (χ0v) is 18.5. The summed E-state index contributed by atoms with van der Waals surface area (Å²) < 4.78 is 0. The van der Waals surface area contributed by atoms with Gasteiger partial charge in [-0.25, -0.2) is 0 Å². The van der Waals surface area contributed by atoms with E-state index in [2.05, 4.69) is 60.3 Å². The summed E-state index contributed by atoms with van der Waals surface area (Å²) in [6.07, 6.45) is 9.17. The molecule has 1 aliphatic rings. The van der Waals surface area contributed by atoms with Crippen LogP contribution >= 0.6 is 0 Å². The van der Waals surface area contributed by atoms with Gasteiger partial charge in [0.1, 0.15) is 0 Å². The van der Waals surface area contributed by atoms with Crippen molar-refractivity contribution < 1.29 is 0 Å². The van der Waals surface area contributed by atoms with Crippen LogP contribution in [0.1, 0.15) is 109 Å². The lowest BCUT2D eigenvalue weighted by Gasteiger charge is -2.16. The van der Waals surface area contributed by atoms with Crippen molar-refractivity contribution in [3.05, 3.63) is 46.5 Å². The Kier molecular flexibility index (Phi) is 12.7. The molecule has 1 aromatic rings. The zero-order valence-electron chi connectivity index (χ0n) is 18.5. The summed E-state index contributed by atoms with van der Waals surface area (Å²) >= 11 is 0. The van der Waals surface area contributed by atoms with Crippen LogP contribution in [0, 0.1) is 12.8 Å². The van der Waals surface area contributed by atoms with Gasteiger partial charge < -0.3 is 0 Å². The van der Waals surface area contributed by atoms with Crippen molar-refractivity contribution in [2.75, 3.05) is 0 Å². The topological polar surface area (TPSA) is 0 Å².